The SMILES string of the molecule is Cc1cnc(C(C)NCc2csc3ccccc23)o1. The highest BCUT2D eigenvalue weighted by Gasteiger charge is 2.11. The molecule has 0 saturated heterocycles. The van der Waals surface area contributed by atoms with Crippen LogP contribution in [0.2, 0.25) is 0 Å². The van der Waals surface area contributed by atoms with E-state index in [-0.39, 0.29) is 6.04 Å². The minimum absolute atomic E-state index is 0.118. The van der Waals surface area contributed by atoms with E-state index in [0.717, 1.165) is 18.2 Å². The molecule has 2 aromatic heterocycles. The molecule has 19 heavy (non-hydrogen) atoms. The van der Waals surface area contributed by atoms with Crippen LogP contribution in [0.25, 0.3) is 10.1 Å². The zero-order chi connectivity index (χ0) is 13.2. The number of rotatable bonds is 4. The maximum absolute atomic E-state index is 5.53. The summed E-state index contributed by atoms with van der Waals surface area (Å²) in [6.07, 6.45) is 1.76. The van der Waals surface area contributed by atoms with Crippen LogP contribution in [0, 0.1) is 6.92 Å². The molecule has 0 aliphatic heterocycles. The van der Waals surface area contributed by atoms with Crippen LogP contribution < -0.4 is 5.32 Å². The van der Waals surface area contributed by atoms with Crippen molar-refractivity contribution in [3.05, 3.63) is 53.1 Å². The Hall–Kier alpha value is -1.65. The molecule has 2 heterocycles. The number of aryl methyl sites for hydroxylation is 1. The van der Waals surface area contributed by atoms with Crippen LogP contribution in [0.5, 0.6) is 0 Å². The number of nitrogens with one attached hydrogen (secondary N) is 1. The molecule has 0 fully saturated rings. The summed E-state index contributed by atoms with van der Waals surface area (Å²) >= 11 is 1.79. The van der Waals surface area contributed by atoms with E-state index in [1.807, 2.05) is 6.92 Å². The fourth-order valence-corrected chi connectivity index (χ4v) is 3.06. The maximum Gasteiger partial charge on any atom is 0.211 e. The number of hydrogen-bond donors (Lipinski definition) is 1. The molecule has 0 saturated carbocycles. The molecular formula is C15H16N2OS. The average molecular weight is 272 g/mol. The minimum Gasteiger partial charge on any atom is -0.444 e. The van der Waals surface area contributed by atoms with E-state index >= 15 is 0 Å². The first kappa shape index (κ1) is 12.4. The number of nitrogens with zero attached hydrogens (tertiary/aromatic N) is 1. The number of aromatic nitrogens is 1. The monoisotopic (exact) mass is 272 g/mol. The van der Waals surface area contributed by atoms with Crippen LogP contribution in [-0.4, -0.2) is 4.98 Å². The second-order valence-electron chi connectivity index (χ2n) is 4.67. The van der Waals surface area contributed by atoms with E-state index in [1.54, 1.807) is 17.5 Å². The van der Waals surface area contributed by atoms with E-state index in [2.05, 4.69) is 46.9 Å². The molecule has 0 aliphatic carbocycles. The Labute approximate surface area is 116 Å². The Bertz CT molecular complexity index is 686. The van der Waals surface area contributed by atoms with E-state index in [0.29, 0.717) is 0 Å². The Kier molecular flexibility index (Phi) is 3.36. The normalized spacial score (nSPS) is 12.9. The summed E-state index contributed by atoms with van der Waals surface area (Å²) in [7, 11) is 0. The highest BCUT2D eigenvalue weighted by Crippen LogP contribution is 2.26. The van der Waals surface area contributed by atoms with Crippen molar-refractivity contribution in [1.82, 2.24) is 10.3 Å². The Morgan fingerprint density at radius 3 is 3.00 bits per heavy atom. The summed E-state index contributed by atoms with van der Waals surface area (Å²) in [4.78, 5) is 4.25. The molecule has 0 amide bonds. The van der Waals surface area contributed by atoms with Crippen molar-refractivity contribution < 1.29 is 4.42 Å². The van der Waals surface area contributed by atoms with Crippen molar-refractivity contribution in [3.8, 4) is 0 Å². The fourth-order valence-electron chi connectivity index (χ4n) is 2.09. The number of fused-ring (bicyclic) bond motifs is 1. The second kappa shape index (κ2) is 5.15. The topological polar surface area (TPSA) is 38.1 Å². The van der Waals surface area contributed by atoms with E-state index in [4.69, 9.17) is 4.42 Å². The summed E-state index contributed by atoms with van der Waals surface area (Å²) in [6.45, 7) is 4.81. The molecule has 1 atom stereocenters. The number of thiophene rings is 1. The van der Waals surface area contributed by atoms with E-state index in [1.165, 1.54) is 15.6 Å². The molecule has 4 heteroatoms. The molecule has 0 radical (unpaired) electrons. The molecule has 1 N–H and O–H groups in total. The molecule has 3 rings (SSSR count). The first-order valence-electron chi connectivity index (χ1n) is 6.35. The van der Waals surface area contributed by atoms with Crippen molar-refractivity contribution in [3.63, 3.8) is 0 Å². The zero-order valence-corrected chi connectivity index (χ0v) is 11.8. The Morgan fingerprint density at radius 2 is 2.21 bits per heavy atom. The van der Waals surface area contributed by atoms with Gasteiger partial charge in [0.25, 0.3) is 0 Å². The molecular weight excluding hydrogens is 256 g/mol. The lowest BCUT2D eigenvalue weighted by Crippen LogP contribution is -2.18. The largest absolute Gasteiger partial charge is 0.444 e. The summed E-state index contributed by atoms with van der Waals surface area (Å²) in [5.41, 5.74) is 1.33. The first-order valence-corrected chi connectivity index (χ1v) is 7.23. The molecule has 1 unspecified atom stereocenters. The first-order chi connectivity index (χ1) is 9.24. The fraction of sp³-hybridized carbons (Fsp3) is 0.267. The average Bonchev–Trinajstić information content (AvgIpc) is 3.02. The van der Waals surface area contributed by atoms with Gasteiger partial charge in [0.1, 0.15) is 5.76 Å². The van der Waals surface area contributed by atoms with Gasteiger partial charge in [-0.1, -0.05) is 18.2 Å². The summed E-state index contributed by atoms with van der Waals surface area (Å²) in [5, 5.41) is 7.00. The zero-order valence-electron chi connectivity index (χ0n) is 11.0. The molecule has 1 aromatic carbocycles. The standard InChI is InChI=1S/C15H16N2OS/c1-10-7-17-15(18-10)11(2)16-8-12-9-19-14-6-4-3-5-13(12)14/h3-7,9,11,16H,8H2,1-2H3. The lowest BCUT2D eigenvalue weighted by molar-refractivity contribution is 0.403. The summed E-state index contributed by atoms with van der Waals surface area (Å²) in [5.74, 6) is 1.60. The van der Waals surface area contributed by atoms with Crippen molar-refractivity contribution in [2.45, 2.75) is 26.4 Å². The van der Waals surface area contributed by atoms with Crippen LogP contribution in [0.3, 0.4) is 0 Å². The lowest BCUT2D eigenvalue weighted by Gasteiger charge is -2.09. The van der Waals surface area contributed by atoms with Gasteiger partial charge >= 0.3 is 0 Å². The van der Waals surface area contributed by atoms with Crippen molar-refractivity contribution >= 4 is 21.4 Å². The van der Waals surface area contributed by atoms with Crippen molar-refractivity contribution in [2.24, 2.45) is 0 Å². The molecule has 3 aromatic rings. The van der Waals surface area contributed by atoms with Crippen molar-refractivity contribution in [1.29, 1.82) is 0 Å². The minimum atomic E-state index is 0.118. The predicted molar refractivity (Wildman–Crippen MR) is 78.3 cm³/mol. The highest BCUT2D eigenvalue weighted by molar-refractivity contribution is 7.17. The molecule has 0 bridgehead atoms. The number of oxazole rings is 1. The molecule has 3 nitrogen and oxygen atoms in total. The number of hydrogen-bond acceptors (Lipinski definition) is 4. The van der Waals surface area contributed by atoms with Crippen LogP contribution in [-0.2, 0) is 6.54 Å². The van der Waals surface area contributed by atoms with Gasteiger partial charge in [-0.15, -0.1) is 11.3 Å². The van der Waals surface area contributed by atoms with Gasteiger partial charge in [0, 0.05) is 11.2 Å². The Balaban J connectivity index is 1.72. The van der Waals surface area contributed by atoms with Crippen LogP contribution >= 0.6 is 11.3 Å². The van der Waals surface area contributed by atoms with Gasteiger partial charge in [0.2, 0.25) is 5.89 Å². The summed E-state index contributed by atoms with van der Waals surface area (Å²) in [6, 6.07) is 8.60. The van der Waals surface area contributed by atoms with Gasteiger partial charge in [-0.25, -0.2) is 4.98 Å². The van der Waals surface area contributed by atoms with Crippen molar-refractivity contribution in [2.75, 3.05) is 0 Å². The van der Waals surface area contributed by atoms with Gasteiger partial charge in [0.15, 0.2) is 0 Å². The molecule has 98 valence electrons. The second-order valence-corrected chi connectivity index (χ2v) is 5.58. The smallest absolute Gasteiger partial charge is 0.211 e. The third-order valence-corrected chi connectivity index (χ3v) is 4.18. The Morgan fingerprint density at radius 1 is 1.37 bits per heavy atom. The third-order valence-electron chi connectivity index (χ3n) is 3.17. The van der Waals surface area contributed by atoms with E-state index < -0.39 is 0 Å². The molecule has 0 aliphatic rings. The van der Waals surface area contributed by atoms with E-state index in [9.17, 15) is 0 Å². The highest BCUT2D eigenvalue weighted by atomic mass is 32.1. The predicted octanol–water partition coefficient (Wildman–Crippen LogP) is 4.05. The maximum atomic E-state index is 5.53. The molecule has 0 spiro atoms. The third kappa shape index (κ3) is 2.55. The van der Waals surface area contributed by atoms with Gasteiger partial charge in [0.05, 0.1) is 12.2 Å². The van der Waals surface area contributed by atoms with Gasteiger partial charge in [-0.05, 0) is 36.2 Å². The quantitative estimate of drug-likeness (QED) is 0.778. The van der Waals surface area contributed by atoms with Gasteiger partial charge in [-0.2, -0.15) is 0 Å². The lowest BCUT2D eigenvalue weighted by atomic mass is 10.1. The van der Waals surface area contributed by atoms with Crippen LogP contribution in [0.1, 0.15) is 30.2 Å². The number of benzene rings is 1. The summed E-state index contributed by atoms with van der Waals surface area (Å²) < 4.78 is 6.86. The van der Waals surface area contributed by atoms with Gasteiger partial charge < -0.3 is 9.73 Å². The van der Waals surface area contributed by atoms with Crippen LogP contribution in [0.15, 0.2) is 40.3 Å². The van der Waals surface area contributed by atoms with Crippen LogP contribution in [0.4, 0.5) is 0 Å². The van der Waals surface area contributed by atoms with Gasteiger partial charge in [-0.3, -0.25) is 0 Å².